The van der Waals surface area contributed by atoms with Gasteiger partial charge in [-0.3, -0.25) is 4.79 Å². The Labute approximate surface area is 155 Å². The fourth-order valence-electron chi connectivity index (χ4n) is 2.34. The van der Waals surface area contributed by atoms with Crippen molar-refractivity contribution in [2.45, 2.75) is 6.61 Å². The minimum absolute atomic E-state index is 0.00896. The summed E-state index contributed by atoms with van der Waals surface area (Å²) in [5, 5.41) is 11.2. The van der Waals surface area contributed by atoms with Gasteiger partial charge in [-0.05, 0) is 41.5 Å². The first kappa shape index (κ1) is 18.5. The van der Waals surface area contributed by atoms with Crippen LogP contribution in [-0.2, 0) is 0 Å². The highest BCUT2D eigenvalue weighted by Crippen LogP contribution is 2.22. The van der Waals surface area contributed by atoms with E-state index in [4.69, 9.17) is 11.6 Å². The van der Waals surface area contributed by atoms with Gasteiger partial charge in [0.2, 0.25) is 0 Å². The van der Waals surface area contributed by atoms with Gasteiger partial charge in [0.1, 0.15) is 5.75 Å². The Hall–Kier alpha value is -3.26. The SMILES string of the molecule is O=C([O-])c1ccc2c(=O)[nH]c(/C(Cl)=C/c3ccc(OC(F)F)cc3)nc2c1. The maximum absolute atomic E-state index is 12.2. The molecule has 0 atom stereocenters. The van der Waals surface area contributed by atoms with Gasteiger partial charge in [-0.1, -0.05) is 29.8 Å². The summed E-state index contributed by atoms with van der Waals surface area (Å²) in [4.78, 5) is 29.8. The Bertz CT molecular complexity index is 1090. The van der Waals surface area contributed by atoms with Crippen LogP contribution in [0.4, 0.5) is 8.78 Å². The van der Waals surface area contributed by atoms with Gasteiger partial charge in [0.25, 0.3) is 5.56 Å². The first-order chi connectivity index (χ1) is 12.8. The van der Waals surface area contributed by atoms with E-state index in [9.17, 15) is 23.5 Å². The van der Waals surface area contributed by atoms with Crippen molar-refractivity contribution in [3.05, 3.63) is 69.8 Å². The number of rotatable bonds is 5. The molecule has 0 radical (unpaired) electrons. The molecule has 0 bridgehead atoms. The zero-order valence-electron chi connectivity index (χ0n) is 13.4. The Balaban J connectivity index is 1.96. The standard InChI is InChI=1S/C18H11ClF2N2O4/c19-13(7-9-1-4-11(5-2-9)27-18(20)21)15-22-14-8-10(17(25)26)3-6-12(14)16(24)23-15/h1-8,18H,(H,25,26)(H,22,23,24)/p-1/b13-7-. The molecular formula is C18H10ClF2N2O4-. The summed E-state index contributed by atoms with van der Waals surface area (Å²) in [5.74, 6) is -1.38. The number of hydrogen-bond donors (Lipinski definition) is 1. The van der Waals surface area contributed by atoms with Gasteiger partial charge in [-0.25, -0.2) is 4.98 Å². The van der Waals surface area contributed by atoms with Crippen molar-refractivity contribution in [1.29, 1.82) is 0 Å². The first-order valence-electron chi connectivity index (χ1n) is 7.51. The van der Waals surface area contributed by atoms with E-state index in [0.717, 1.165) is 0 Å². The molecule has 0 saturated carbocycles. The lowest BCUT2D eigenvalue weighted by Crippen LogP contribution is -2.22. The number of benzene rings is 2. The number of alkyl halides is 2. The van der Waals surface area contributed by atoms with Crippen molar-refractivity contribution < 1.29 is 23.4 Å². The maximum atomic E-state index is 12.2. The molecule has 0 aliphatic rings. The topological polar surface area (TPSA) is 95.1 Å². The fourth-order valence-corrected chi connectivity index (χ4v) is 2.56. The van der Waals surface area contributed by atoms with Crippen molar-refractivity contribution in [3.63, 3.8) is 0 Å². The number of carboxylic acid groups (broad SMARTS) is 1. The zero-order chi connectivity index (χ0) is 19.6. The van der Waals surface area contributed by atoms with Gasteiger partial charge in [-0.2, -0.15) is 8.78 Å². The maximum Gasteiger partial charge on any atom is 0.387 e. The van der Waals surface area contributed by atoms with Gasteiger partial charge >= 0.3 is 6.61 Å². The molecule has 1 aromatic heterocycles. The summed E-state index contributed by atoms with van der Waals surface area (Å²) < 4.78 is 28.6. The molecule has 0 fully saturated rings. The van der Waals surface area contributed by atoms with Crippen LogP contribution < -0.4 is 15.4 Å². The molecule has 0 saturated heterocycles. The number of nitrogens with zero attached hydrogens (tertiary/aromatic N) is 1. The van der Waals surface area contributed by atoms with Crippen LogP contribution >= 0.6 is 11.6 Å². The minimum Gasteiger partial charge on any atom is -0.545 e. The van der Waals surface area contributed by atoms with E-state index in [2.05, 4.69) is 14.7 Å². The number of aromatic nitrogens is 2. The molecule has 0 aliphatic carbocycles. The van der Waals surface area contributed by atoms with Crippen molar-refractivity contribution in [1.82, 2.24) is 9.97 Å². The number of carbonyl (C=O) groups is 1. The van der Waals surface area contributed by atoms with E-state index in [0.29, 0.717) is 5.56 Å². The zero-order valence-corrected chi connectivity index (χ0v) is 14.2. The van der Waals surface area contributed by atoms with E-state index in [1.807, 2.05) is 0 Å². The Morgan fingerprint density at radius 1 is 1.22 bits per heavy atom. The molecule has 0 amide bonds. The number of hydrogen-bond acceptors (Lipinski definition) is 5. The molecule has 27 heavy (non-hydrogen) atoms. The fraction of sp³-hybridized carbons (Fsp3) is 0.0556. The van der Waals surface area contributed by atoms with Crippen LogP contribution in [0.2, 0.25) is 0 Å². The third-order valence-electron chi connectivity index (χ3n) is 3.57. The number of carbonyl (C=O) groups excluding carboxylic acids is 1. The van der Waals surface area contributed by atoms with Crippen molar-refractivity contribution in [2.24, 2.45) is 0 Å². The quantitative estimate of drug-likeness (QED) is 0.721. The predicted octanol–water partition coefficient (Wildman–Crippen LogP) is 2.62. The Morgan fingerprint density at radius 2 is 1.93 bits per heavy atom. The lowest BCUT2D eigenvalue weighted by atomic mass is 10.1. The average molecular weight is 392 g/mol. The molecule has 6 nitrogen and oxygen atoms in total. The second-order valence-corrected chi connectivity index (χ2v) is 5.78. The Morgan fingerprint density at radius 3 is 2.56 bits per heavy atom. The highest BCUT2D eigenvalue weighted by atomic mass is 35.5. The lowest BCUT2D eigenvalue weighted by molar-refractivity contribution is -0.255. The third-order valence-corrected chi connectivity index (χ3v) is 3.86. The second kappa shape index (κ2) is 7.55. The highest BCUT2D eigenvalue weighted by molar-refractivity contribution is 6.50. The third kappa shape index (κ3) is 4.29. The number of halogens is 3. The second-order valence-electron chi connectivity index (χ2n) is 5.37. The molecule has 0 spiro atoms. The van der Waals surface area contributed by atoms with Crippen LogP contribution in [0.3, 0.4) is 0 Å². The van der Waals surface area contributed by atoms with Crippen LogP contribution in [-0.4, -0.2) is 22.5 Å². The first-order valence-corrected chi connectivity index (χ1v) is 7.89. The van der Waals surface area contributed by atoms with E-state index in [1.165, 1.54) is 48.5 Å². The van der Waals surface area contributed by atoms with Crippen molar-refractivity contribution >= 4 is 39.6 Å². The van der Waals surface area contributed by atoms with Crippen LogP contribution in [0.5, 0.6) is 5.75 Å². The Kier molecular flexibility index (Phi) is 5.18. The molecule has 0 unspecified atom stereocenters. The molecule has 3 aromatic rings. The summed E-state index contributed by atoms with van der Waals surface area (Å²) in [5.41, 5.74) is 0.0731. The van der Waals surface area contributed by atoms with E-state index < -0.39 is 18.1 Å². The summed E-state index contributed by atoms with van der Waals surface area (Å²) in [6, 6.07) is 9.45. The summed E-state index contributed by atoms with van der Waals surface area (Å²) in [7, 11) is 0. The minimum atomic E-state index is -2.92. The predicted molar refractivity (Wildman–Crippen MR) is 93.5 cm³/mol. The van der Waals surface area contributed by atoms with Crippen LogP contribution in [0.25, 0.3) is 22.0 Å². The van der Waals surface area contributed by atoms with Crippen LogP contribution in [0, 0.1) is 0 Å². The number of fused-ring (bicyclic) bond motifs is 1. The largest absolute Gasteiger partial charge is 0.545 e. The molecule has 138 valence electrons. The van der Waals surface area contributed by atoms with E-state index >= 15 is 0 Å². The van der Waals surface area contributed by atoms with Gasteiger partial charge in [0.05, 0.1) is 21.9 Å². The highest BCUT2D eigenvalue weighted by Gasteiger charge is 2.09. The molecule has 1 heterocycles. The van der Waals surface area contributed by atoms with Crippen molar-refractivity contribution in [3.8, 4) is 5.75 Å². The van der Waals surface area contributed by atoms with Gasteiger partial charge in [0.15, 0.2) is 5.82 Å². The number of aromatic amines is 1. The summed E-state index contributed by atoms with van der Waals surface area (Å²) in [6.45, 7) is -2.92. The molecule has 9 heteroatoms. The molecular weight excluding hydrogens is 382 g/mol. The number of nitrogens with one attached hydrogen (secondary N) is 1. The lowest BCUT2D eigenvalue weighted by Gasteiger charge is -2.06. The van der Waals surface area contributed by atoms with E-state index in [-0.39, 0.29) is 33.1 Å². The summed E-state index contributed by atoms with van der Waals surface area (Å²) >= 11 is 6.19. The molecule has 3 rings (SSSR count). The molecule has 0 aliphatic heterocycles. The average Bonchev–Trinajstić information content (AvgIpc) is 2.62. The number of carboxylic acids is 1. The number of aromatic carboxylic acids is 1. The summed E-state index contributed by atoms with van der Waals surface area (Å²) in [6.07, 6.45) is 1.46. The normalized spacial score (nSPS) is 11.8. The van der Waals surface area contributed by atoms with Crippen LogP contribution in [0.15, 0.2) is 47.3 Å². The molecule has 1 N–H and O–H groups in total. The number of ether oxygens (including phenoxy) is 1. The van der Waals surface area contributed by atoms with E-state index in [1.54, 1.807) is 0 Å². The molecule has 2 aromatic carbocycles. The van der Waals surface area contributed by atoms with Crippen molar-refractivity contribution in [2.75, 3.05) is 0 Å². The van der Waals surface area contributed by atoms with Gasteiger partial charge in [-0.15, -0.1) is 0 Å². The smallest absolute Gasteiger partial charge is 0.387 e. The monoisotopic (exact) mass is 391 g/mol. The number of H-pyrrole nitrogens is 1. The van der Waals surface area contributed by atoms with Gasteiger partial charge < -0.3 is 19.6 Å². The van der Waals surface area contributed by atoms with Crippen LogP contribution in [0.1, 0.15) is 21.7 Å². The van der Waals surface area contributed by atoms with Gasteiger partial charge in [0, 0.05) is 0 Å².